The van der Waals surface area contributed by atoms with Crippen molar-refractivity contribution < 1.29 is 4.74 Å². The molecule has 4 nitrogen and oxygen atoms in total. The Balaban J connectivity index is 1.60. The van der Waals surface area contributed by atoms with Crippen molar-refractivity contribution in [3.05, 3.63) is 48.3 Å². The lowest BCUT2D eigenvalue weighted by Crippen LogP contribution is -2.13. The van der Waals surface area contributed by atoms with Crippen molar-refractivity contribution in [1.29, 1.82) is 0 Å². The van der Waals surface area contributed by atoms with Crippen LogP contribution >= 0.6 is 0 Å². The molecule has 4 heteroatoms. The van der Waals surface area contributed by atoms with Gasteiger partial charge in [0, 0.05) is 6.54 Å². The molecule has 0 amide bonds. The maximum atomic E-state index is 5.73. The minimum absolute atomic E-state index is 0.471. The van der Waals surface area contributed by atoms with E-state index in [0.29, 0.717) is 12.6 Å². The first kappa shape index (κ1) is 11.3. The zero-order valence-corrected chi connectivity index (χ0v) is 10.2. The largest absolute Gasteiger partial charge is 0.486 e. The van der Waals surface area contributed by atoms with Crippen LogP contribution < -0.4 is 10.1 Å². The molecule has 1 aliphatic heterocycles. The third-order valence-corrected chi connectivity index (χ3v) is 3.23. The second-order valence-corrected chi connectivity index (χ2v) is 4.58. The highest BCUT2D eigenvalue weighted by atomic mass is 16.5. The zero-order valence-electron chi connectivity index (χ0n) is 10.2. The van der Waals surface area contributed by atoms with E-state index >= 15 is 0 Å². The molecule has 0 bridgehead atoms. The fourth-order valence-electron chi connectivity index (χ4n) is 2.20. The summed E-state index contributed by atoms with van der Waals surface area (Å²) in [5, 5.41) is 7.70. The minimum atomic E-state index is 0.471. The van der Waals surface area contributed by atoms with Crippen LogP contribution in [0, 0.1) is 0 Å². The normalized spacial score (nSPS) is 19.0. The average molecular weight is 243 g/mol. The van der Waals surface area contributed by atoms with Crippen molar-refractivity contribution in [2.24, 2.45) is 0 Å². The highest BCUT2D eigenvalue weighted by Crippen LogP contribution is 2.18. The summed E-state index contributed by atoms with van der Waals surface area (Å²) in [6, 6.07) is 10.6. The topological polar surface area (TPSA) is 39.1 Å². The Bertz CT molecular complexity index is 489. The summed E-state index contributed by atoms with van der Waals surface area (Å²) in [6.45, 7) is 2.67. The number of hydrogen-bond acceptors (Lipinski definition) is 3. The molecule has 2 aromatic rings. The SMILES string of the molecule is c1ccc(COc2cnn(C3CCNC3)c2)cc1. The predicted molar refractivity (Wildman–Crippen MR) is 69.5 cm³/mol. The lowest BCUT2D eigenvalue weighted by Gasteiger charge is -2.07. The smallest absolute Gasteiger partial charge is 0.157 e. The highest BCUT2D eigenvalue weighted by Gasteiger charge is 2.17. The summed E-state index contributed by atoms with van der Waals surface area (Å²) in [5.74, 6) is 0.839. The Morgan fingerprint density at radius 2 is 2.22 bits per heavy atom. The predicted octanol–water partition coefficient (Wildman–Crippen LogP) is 2.00. The molecule has 3 rings (SSSR count). The van der Waals surface area contributed by atoms with E-state index in [4.69, 9.17) is 4.74 Å². The van der Waals surface area contributed by atoms with Gasteiger partial charge in [-0.1, -0.05) is 30.3 Å². The molecular formula is C14H17N3O. The number of aromatic nitrogens is 2. The first-order valence-electron chi connectivity index (χ1n) is 6.33. The maximum Gasteiger partial charge on any atom is 0.157 e. The molecule has 0 radical (unpaired) electrons. The summed E-state index contributed by atoms with van der Waals surface area (Å²) in [7, 11) is 0. The van der Waals surface area contributed by atoms with Crippen LogP contribution in [0.15, 0.2) is 42.7 Å². The van der Waals surface area contributed by atoms with Gasteiger partial charge in [-0.25, -0.2) is 0 Å². The van der Waals surface area contributed by atoms with Crippen molar-refractivity contribution in [3.8, 4) is 5.75 Å². The summed E-state index contributed by atoms with van der Waals surface area (Å²) < 4.78 is 7.73. The van der Waals surface area contributed by atoms with Crippen LogP contribution in [0.25, 0.3) is 0 Å². The lowest BCUT2D eigenvalue weighted by molar-refractivity contribution is 0.305. The molecule has 2 heterocycles. The van der Waals surface area contributed by atoms with Gasteiger partial charge in [-0.2, -0.15) is 5.10 Å². The van der Waals surface area contributed by atoms with Gasteiger partial charge in [-0.05, 0) is 18.5 Å². The van der Waals surface area contributed by atoms with Crippen molar-refractivity contribution in [1.82, 2.24) is 15.1 Å². The lowest BCUT2D eigenvalue weighted by atomic mass is 10.2. The number of hydrogen-bond donors (Lipinski definition) is 1. The van der Waals surface area contributed by atoms with E-state index < -0.39 is 0 Å². The molecule has 1 unspecified atom stereocenters. The van der Waals surface area contributed by atoms with E-state index in [-0.39, 0.29) is 0 Å². The van der Waals surface area contributed by atoms with E-state index in [9.17, 15) is 0 Å². The summed E-state index contributed by atoms with van der Waals surface area (Å²) in [4.78, 5) is 0. The molecule has 1 aromatic carbocycles. The standard InChI is InChI=1S/C14H17N3O/c1-2-4-12(5-3-1)11-18-14-9-16-17(10-14)13-6-7-15-8-13/h1-5,9-10,13,15H,6-8,11H2. The Kier molecular flexibility index (Phi) is 3.28. The fourth-order valence-corrected chi connectivity index (χ4v) is 2.20. The molecule has 1 aliphatic rings. The van der Waals surface area contributed by atoms with E-state index in [1.165, 1.54) is 5.56 Å². The third kappa shape index (κ3) is 2.54. The van der Waals surface area contributed by atoms with Gasteiger partial charge in [0.2, 0.25) is 0 Å². The summed E-state index contributed by atoms with van der Waals surface area (Å²) in [6.07, 6.45) is 4.92. The summed E-state index contributed by atoms with van der Waals surface area (Å²) >= 11 is 0. The summed E-state index contributed by atoms with van der Waals surface area (Å²) in [5.41, 5.74) is 1.17. The van der Waals surface area contributed by atoms with Crippen molar-refractivity contribution in [3.63, 3.8) is 0 Å². The van der Waals surface area contributed by atoms with Crippen LogP contribution in [0.4, 0.5) is 0 Å². The fraction of sp³-hybridized carbons (Fsp3) is 0.357. The van der Waals surface area contributed by atoms with Gasteiger partial charge >= 0.3 is 0 Å². The van der Waals surface area contributed by atoms with Crippen molar-refractivity contribution in [2.75, 3.05) is 13.1 Å². The second kappa shape index (κ2) is 5.23. The maximum absolute atomic E-state index is 5.73. The van der Waals surface area contributed by atoms with Gasteiger partial charge in [0.1, 0.15) is 6.61 Å². The van der Waals surface area contributed by atoms with Crippen molar-refractivity contribution in [2.45, 2.75) is 19.1 Å². The van der Waals surface area contributed by atoms with Gasteiger partial charge in [-0.3, -0.25) is 4.68 Å². The number of nitrogens with one attached hydrogen (secondary N) is 1. The molecule has 1 N–H and O–H groups in total. The molecule has 1 saturated heterocycles. The van der Waals surface area contributed by atoms with Gasteiger partial charge in [0.15, 0.2) is 5.75 Å². The first-order valence-corrected chi connectivity index (χ1v) is 6.33. The molecular weight excluding hydrogens is 226 g/mol. The number of nitrogens with zero attached hydrogens (tertiary/aromatic N) is 2. The van der Waals surface area contributed by atoms with Crippen LogP contribution in [0.5, 0.6) is 5.75 Å². The zero-order chi connectivity index (χ0) is 12.2. The van der Waals surface area contributed by atoms with Crippen LogP contribution in [-0.2, 0) is 6.61 Å². The van der Waals surface area contributed by atoms with Crippen LogP contribution in [0.3, 0.4) is 0 Å². The van der Waals surface area contributed by atoms with Gasteiger partial charge in [0.05, 0.1) is 18.4 Å². The number of benzene rings is 1. The molecule has 0 spiro atoms. The number of rotatable bonds is 4. The molecule has 94 valence electrons. The molecule has 1 fully saturated rings. The van der Waals surface area contributed by atoms with E-state index in [1.807, 2.05) is 29.1 Å². The Hall–Kier alpha value is -1.81. The van der Waals surface area contributed by atoms with Gasteiger partial charge in [0.25, 0.3) is 0 Å². The highest BCUT2D eigenvalue weighted by molar-refractivity contribution is 5.17. The van der Waals surface area contributed by atoms with Crippen molar-refractivity contribution >= 4 is 0 Å². The Morgan fingerprint density at radius 3 is 3.00 bits per heavy atom. The van der Waals surface area contributed by atoms with Gasteiger partial charge in [-0.15, -0.1) is 0 Å². The minimum Gasteiger partial charge on any atom is -0.486 e. The van der Waals surface area contributed by atoms with E-state index in [1.54, 1.807) is 6.20 Å². The molecule has 1 aromatic heterocycles. The Labute approximate surface area is 107 Å². The van der Waals surface area contributed by atoms with E-state index in [2.05, 4.69) is 22.5 Å². The average Bonchev–Trinajstić information content (AvgIpc) is 3.08. The molecule has 0 saturated carbocycles. The Morgan fingerprint density at radius 1 is 1.33 bits per heavy atom. The monoisotopic (exact) mass is 243 g/mol. The van der Waals surface area contributed by atoms with Crippen LogP contribution in [0.2, 0.25) is 0 Å². The first-order chi connectivity index (χ1) is 8.92. The van der Waals surface area contributed by atoms with Gasteiger partial charge < -0.3 is 10.1 Å². The molecule has 0 aliphatic carbocycles. The molecule has 1 atom stereocenters. The molecule has 18 heavy (non-hydrogen) atoms. The number of ether oxygens (including phenoxy) is 1. The second-order valence-electron chi connectivity index (χ2n) is 4.58. The van der Waals surface area contributed by atoms with Crippen LogP contribution in [-0.4, -0.2) is 22.9 Å². The third-order valence-electron chi connectivity index (χ3n) is 3.23. The van der Waals surface area contributed by atoms with Crippen LogP contribution in [0.1, 0.15) is 18.0 Å². The quantitative estimate of drug-likeness (QED) is 0.892. The van der Waals surface area contributed by atoms with E-state index in [0.717, 1.165) is 25.3 Å².